The van der Waals surface area contributed by atoms with Crippen molar-refractivity contribution in [3.63, 3.8) is 0 Å². The van der Waals surface area contributed by atoms with Crippen molar-refractivity contribution in [2.45, 2.75) is 4.90 Å². The molecule has 0 saturated carbocycles. The lowest BCUT2D eigenvalue weighted by molar-refractivity contribution is 0.102. The largest absolute Gasteiger partial charge is 0.321 e. The summed E-state index contributed by atoms with van der Waals surface area (Å²) in [5.74, 6) is -0.802. The lowest BCUT2D eigenvalue weighted by Crippen LogP contribution is -2.12. The fourth-order valence-electron chi connectivity index (χ4n) is 1.34. The van der Waals surface area contributed by atoms with Gasteiger partial charge in [-0.3, -0.25) is 9.78 Å². The average molecular weight is 327 g/mol. The van der Waals surface area contributed by atoms with Crippen molar-refractivity contribution in [1.82, 2.24) is 4.98 Å². The predicted molar refractivity (Wildman–Crippen MR) is 73.5 cm³/mol. The zero-order chi connectivity index (χ0) is 13.1. The Hall–Kier alpha value is -1.40. The molecule has 2 rings (SSSR count). The molecule has 92 valence electrons. The summed E-state index contributed by atoms with van der Waals surface area (Å²) in [6.45, 7) is 0. The highest BCUT2D eigenvalue weighted by Crippen LogP contribution is 2.17. The molecule has 1 aromatic carbocycles. The van der Waals surface area contributed by atoms with Crippen LogP contribution in [0.5, 0.6) is 0 Å². The van der Waals surface area contributed by atoms with Crippen molar-refractivity contribution in [1.29, 1.82) is 0 Å². The van der Waals surface area contributed by atoms with E-state index in [1.54, 1.807) is 12.3 Å². The number of carbonyl (C=O) groups is 1. The van der Waals surface area contributed by atoms with Crippen LogP contribution in [-0.2, 0) is 0 Å². The second-order valence-corrected chi connectivity index (χ2v) is 4.91. The molecule has 2 aromatic rings. The Bertz CT molecular complexity index is 606. The second kappa shape index (κ2) is 5.49. The Morgan fingerprint density at radius 1 is 1.33 bits per heavy atom. The van der Waals surface area contributed by atoms with Gasteiger partial charge in [0.2, 0.25) is 0 Å². The molecule has 0 atom stereocenters. The van der Waals surface area contributed by atoms with Crippen molar-refractivity contribution in [3.05, 3.63) is 52.5 Å². The summed E-state index contributed by atoms with van der Waals surface area (Å²) >= 11 is 7.18. The number of anilines is 1. The van der Waals surface area contributed by atoms with Crippen LogP contribution in [0, 0.1) is 5.82 Å². The van der Waals surface area contributed by atoms with Crippen LogP contribution in [0.2, 0.25) is 0 Å². The second-order valence-electron chi connectivity index (χ2n) is 3.51. The normalized spacial score (nSPS) is 10.2. The quantitative estimate of drug-likeness (QED) is 0.829. The van der Waals surface area contributed by atoms with Crippen molar-refractivity contribution in [2.24, 2.45) is 0 Å². The highest BCUT2D eigenvalue weighted by molar-refractivity contribution is 9.10. The number of thiol groups is 1. The van der Waals surface area contributed by atoms with E-state index in [1.807, 2.05) is 0 Å². The van der Waals surface area contributed by atoms with Gasteiger partial charge in [0.05, 0.1) is 11.9 Å². The van der Waals surface area contributed by atoms with Crippen molar-refractivity contribution >= 4 is 40.2 Å². The zero-order valence-electron chi connectivity index (χ0n) is 9.02. The third-order valence-corrected chi connectivity index (χ3v) is 2.95. The minimum Gasteiger partial charge on any atom is -0.321 e. The van der Waals surface area contributed by atoms with E-state index in [0.29, 0.717) is 11.3 Å². The number of benzene rings is 1. The molecule has 0 saturated heterocycles. The Morgan fingerprint density at radius 3 is 2.78 bits per heavy atom. The van der Waals surface area contributed by atoms with E-state index in [4.69, 9.17) is 0 Å². The highest BCUT2D eigenvalue weighted by Gasteiger charge is 2.08. The standard InChI is InChI=1S/C12H8BrFN2OS/c13-8-4-9(6-15-5-8)16-12(17)7-1-2-10(14)11(18)3-7/h1-6,18H,(H,16,17). The van der Waals surface area contributed by atoms with Crippen LogP contribution < -0.4 is 5.32 Å². The van der Waals surface area contributed by atoms with E-state index in [9.17, 15) is 9.18 Å². The van der Waals surface area contributed by atoms with Crippen LogP contribution in [0.4, 0.5) is 10.1 Å². The fraction of sp³-hybridized carbons (Fsp3) is 0. The first kappa shape index (κ1) is 13.0. The first-order chi connectivity index (χ1) is 8.56. The van der Waals surface area contributed by atoms with Gasteiger partial charge in [-0.2, -0.15) is 0 Å². The number of carbonyl (C=O) groups excluding carboxylic acids is 1. The molecule has 0 fully saturated rings. The number of hydrogen-bond donors (Lipinski definition) is 2. The number of aromatic nitrogens is 1. The van der Waals surface area contributed by atoms with Gasteiger partial charge in [-0.1, -0.05) is 0 Å². The molecule has 0 spiro atoms. The van der Waals surface area contributed by atoms with E-state index in [-0.39, 0.29) is 10.8 Å². The van der Waals surface area contributed by atoms with Crippen LogP contribution in [-0.4, -0.2) is 10.9 Å². The Kier molecular flexibility index (Phi) is 3.98. The maximum atomic E-state index is 13.0. The molecule has 0 bridgehead atoms. The summed E-state index contributed by atoms with van der Waals surface area (Å²) in [5, 5.41) is 2.66. The zero-order valence-corrected chi connectivity index (χ0v) is 11.5. The molecule has 1 heterocycles. The molecule has 1 N–H and O–H groups in total. The maximum absolute atomic E-state index is 13.0. The minimum absolute atomic E-state index is 0.134. The first-order valence-electron chi connectivity index (χ1n) is 4.96. The topological polar surface area (TPSA) is 42.0 Å². The van der Waals surface area contributed by atoms with E-state index in [1.165, 1.54) is 24.4 Å². The molecular weight excluding hydrogens is 319 g/mol. The van der Waals surface area contributed by atoms with Crippen molar-refractivity contribution in [2.75, 3.05) is 5.32 Å². The molecule has 1 aromatic heterocycles. The minimum atomic E-state index is -0.459. The number of nitrogens with zero attached hydrogens (tertiary/aromatic N) is 1. The third-order valence-electron chi connectivity index (χ3n) is 2.17. The van der Waals surface area contributed by atoms with Gasteiger partial charge in [-0.25, -0.2) is 4.39 Å². The highest BCUT2D eigenvalue weighted by atomic mass is 79.9. The monoisotopic (exact) mass is 326 g/mol. The van der Waals surface area contributed by atoms with Crippen LogP contribution in [0.3, 0.4) is 0 Å². The van der Waals surface area contributed by atoms with Gasteiger partial charge in [-0.15, -0.1) is 12.6 Å². The van der Waals surface area contributed by atoms with Gasteiger partial charge in [0.25, 0.3) is 5.91 Å². The average Bonchev–Trinajstić information content (AvgIpc) is 2.32. The third kappa shape index (κ3) is 3.08. The van der Waals surface area contributed by atoms with Crippen LogP contribution >= 0.6 is 28.6 Å². The number of rotatable bonds is 2. The molecule has 6 heteroatoms. The summed E-state index contributed by atoms with van der Waals surface area (Å²) < 4.78 is 13.8. The molecule has 0 aliphatic heterocycles. The summed E-state index contributed by atoms with van der Waals surface area (Å²) in [4.78, 5) is 15.9. The Balaban J connectivity index is 2.19. The van der Waals surface area contributed by atoms with Crippen molar-refractivity contribution < 1.29 is 9.18 Å². The van der Waals surface area contributed by atoms with Crippen molar-refractivity contribution in [3.8, 4) is 0 Å². The summed E-state index contributed by atoms with van der Waals surface area (Å²) in [6, 6.07) is 5.70. The van der Waals surface area contributed by atoms with Crippen LogP contribution in [0.25, 0.3) is 0 Å². The smallest absolute Gasteiger partial charge is 0.255 e. The Morgan fingerprint density at radius 2 is 2.11 bits per heavy atom. The fourth-order valence-corrected chi connectivity index (χ4v) is 1.92. The number of nitrogens with one attached hydrogen (secondary N) is 1. The van der Waals surface area contributed by atoms with Gasteiger partial charge >= 0.3 is 0 Å². The molecule has 1 amide bonds. The van der Waals surface area contributed by atoms with Gasteiger partial charge in [0.15, 0.2) is 0 Å². The maximum Gasteiger partial charge on any atom is 0.255 e. The molecule has 0 aliphatic rings. The van der Waals surface area contributed by atoms with Gasteiger partial charge in [0.1, 0.15) is 5.82 Å². The van der Waals surface area contributed by atoms with Gasteiger partial charge in [-0.05, 0) is 40.2 Å². The lowest BCUT2D eigenvalue weighted by atomic mass is 10.2. The molecule has 0 aliphatic carbocycles. The number of halogens is 2. The van der Waals surface area contributed by atoms with E-state index in [0.717, 1.165) is 4.47 Å². The first-order valence-corrected chi connectivity index (χ1v) is 6.21. The summed E-state index contributed by atoms with van der Waals surface area (Å²) in [5.41, 5.74) is 0.890. The molecule has 0 radical (unpaired) electrons. The Labute approximate surface area is 117 Å². The van der Waals surface area contributed by atoms with E-state index in [2.05, 4.69) is 38.9 Å². The predicted octanol–water partition coefficient (Wildman–Crippen LogP) is 3.52. The van der Waals surface area contributed by atoms with Crippen LogP contribution in [0.15, 0.2) is 46.0 Å². The van der Waals surface area contributed by atoms with Crippen LogP contribution in [0.1, 0.15) is 10.4 Å². The summed E-state index contributed by atoms with van der Waals surface area (Å²) in [7, 11) is 0. The van der Waals surface area contributed by atoms with Gasteiger partial charge in [0, 0.05) is 21.1 Å². The SMILES string of the molecule is O=C(Nc1cncc(Br)c1)c1ccc(F)c(S)c1. The number of amides is 1. The van der Waals surface area contributed by atoms with E-state index >= 15 is 0 Å². The molecular formula is C12H8BrFN2OS. The molecule has 3 nitrogen and oxygen atoms in total. The van der Waals surface area contributed by atoms with Gasteiger partial charge < -0.3 is 5.32 Å². The van der Waals surface area contributed by atoms with E-state index < -0.39 is 5.82 Å². The molecule has 18 heavy (non-hydrogen) atoms. The number of hydrogen-bond acceptors (Lipinski definition) is 3. The number of pyridine rings is 1. The molecule has 0 unspecified atom stereocenters. The summed E-state index contributed by atoms with van der Waals surface area (Å²) in [6.07, 6.45) is 3.13. The lowest BCUT2D eigenvalue weighted by Gasteiger charge is -2.06.